The van der Waals surface area contributed by atoms with Gasteiger partial charge in [-0.1, -0.05) is 0 Å². The maximum Gasteiger partial charge on any atom is 0.0844 e. The van der Waals surface area contributed by atoms with Crippen LogP contribution >= 0.6 is 0 Å². The van der Waals surface area contributed by atoms with Crippen LogP contribution in [-0.2, 0) is 0 Å². The first kappa shape index (κ1) is 16.3. The van der Waals surface area contributed by atoms with Crippen molar-refractivity contribution in [2.75, 3.05) is 12.3 Å². The number of nitrogens with zero attached hydrogens (tertiary/aromatic N) is 3. The molecule has 0 amide bonds. The molecule has 0 saturated heterocycles. The Hall–Kier alpha value is -2.21. The van der Waals surface area contributed by atoms with Crippen LogP contribution in [0.5, 0.6) is 0 Å². The van der Waals surface area contributed by atoms with Gasteiger partial charge in [0.1, 0.15) is 0 Å². The van der Waals surface area contributed by atoms with Gasteiger partial charge in [-0.3, -0.25) is 9.67 Å². The second-order valence-corrected chi connectivity index (χ2v) is 7.41. The molecule has 2 aliphatic carbocycles. The lowest BCUT2D eigenvalue weighted by atomic mass is 9.77. The zero-order valence-electron chi connectivity index (χ0n) is 14.5. The molecule has 2 aromatic rings. The highest BCUT2D eigenvalue weighted by Gasteiger charge is 2.35. The highest BCUT2D eigenvalue weighted by Crippen LogP contribution is 2.46. The molecule has 2 saturated carbocycles. The standard InChI is InChI=1S/C19H26N6/c20-6-1-2-12-8-14(9-12)25-11-16(18(24-25)13-3-4-13)19-15(10-21)17(22)5-7-23-19/h5,7,10-14,21H,1-4,6,8-9,20H2,(H2,22,23). The van der Waals surface area contributed by atoms with Gasteiger partial charge in [0.25, 0.3) is 0 Å². The normalized spacial score (nSPS) is 22.6. The fraction of sp³-hybridized carbons (Fsp3) is 0.526. The summed E-state index contributed by atoms with van der Waals surface area (Å²) in [5.41, 5.74) is 15.9. The number of rotatable bonds is 7. The van der Waals surface area contributed by atoms with Crippen molar-refractivity contribution in [1.29, 1.82) is 5.41 Å². The summed E-state index contributed by atoms with van der Waals surface area (Å²) in [6, 6.07) is 2.23. The van der Waals surface area contributed by atoms with Crippen LogP contribution in [0.1, 0.15) is 61.7 Å². The van der Waals surface area contributed by atoms with Crippen molar-refractivity contribution < 1.29 is 0 Å². The molecular formula is C19H26N6. The summed E-state index contributed by atoms with van der Waals surface area (Å²) in [7, 11) is 0. The number of aromatic nitrogens is 3. The highest BCUT2D eigenvalue weighted by atomic mass is 15.3. The van der Waals surface area contributed by atoms with Crippen LogP contribution in [0, 0.1) is 11.3 Å². The summed E-state index contributed by atoms with van der Waals surface area (Å²) in [5.74, 6) is 1.32. The van der Waals surface area contributed by atoms with Gasteiger partial charge >= 0.3 is 0 Å². The molecule has 4 rings (SSSR count). The topological polar surface area (TPSA) is 107 Å². The molecule has 6 nitrogen and oxygen atoms in total. The van der Waals surface area contributed by atoms with E-state index in [-0.39, 0.29) is 0 Å². The fourth-order valence-electron chi connectivity index (χ4n) is 3.85. The molecule has 2 aliphatic rings. The van der Waals surface area contributed by atoms with Crippen LogP contribution < -0.4 is 11.5 Å². The van der Waals surface area contributed by atoms with Crippen LogP contribution in [-0.4, -0.2) is 27.5 Å². The number of nitrogens with one attached hydrogen (secondary N) is 1. The maximum atomic E-state index is 7.72. The van der Waals surface area contributed by atoms with Crippen molar-refractivity contribution >= 4 is 11.9 Å². The van der Waals surface area contributed by atoms with Gasteiger partial charge in [-0.2, -0.15) is 5.10 Å². The Kier molecular flexibility index (Phi) is 4.29. The Balaban J connectivity index is 1.62. The van der Waals surface area contributed by atoms with Gasteiger partial charge in [0.2, 0.25) is 0 Å². The van der Waals surface area contributed by atoms with Crippen molar-refractivity contribution in [3.8, 4) is 11.3 Å². The molecule has 2 aromatic heterocycles. The monoisotopic (exact) mass is 338 g/mol. The van der Waals surface area contributed by atoms with E-state index in [0.717, 1.165) is 35.8 Å². The van der Waals surface area contributed by atoms with Gasteiger partial charge in [-0.15, -0.1) is 0 Å². The van der Waals surface area contributed by atoms with Crippen molar-refractivity contribution in [3.05, 3.63) is 29.7 Å². The van der Waals surface area contributed by atoms with E-state index in [9.17, 15) is 0 Å². The second kappa shape index (κ2) is 6.59. The van der Waals surface area contributed by atoms with E-state index < -0.39 is 0 Å². The van der Waals surface area contributed by atoms with Crippen LogP contribution in [0.4, 0.5) is 5.69 Å². The third-order valence-electron chi connectivity index (χ3n) is 5.55. The number of hydrogen-bond donors (Lipinski definition) is 3. The average molecular weight is 338 g/mol. The van der Waals surface area contributed by atoms with Crippen LogP contribution in [0.25, 0.3) is 11.3 Å². The minimum atomic E-state index is 0.485. The van der Waals surface area contributed by atoms with Gasteiger partial charge in [-0.25, -0.2) is 0 Å². The van der Waals surface area contributed by atoms with Crippen molar-refractivity contribution in [2.24, 2.45) is 11.7 Å². The van der Waals surface area contributed by atoms with E-state index in [4.69, 9.17) is 22.0 Å². The van der Waals surface area contributed by atoms with Crippen LogP contribution in [0.3, 0.4) is 0 Å². The van der Waals surface area contributed by atoms with E-state index in [1.807, 2.05) is 0 Å². The first-order valence-electron chi connectivity index (χ1n) is 9.25. The predicted octanol–water partition coefficient (Wildman–Crippen LogP) is 3.09. The summed E-state index contributed by atoms with van der Waals surface area (Å²) in [5, 5.41) is 12.6. The summed E-state index contributed by atoms with van der Waals surface area (Å²) < 4.78 is 2.14. The SMILES string of the molecule is N=Cc1c(N)ccnc1-c1cn(C2CC(CCCN)C2)nc1C1CC1. The third kappa shape index (κ3) is 3.06. The molecule has 6 heteroatoms. The molecule has 25 heavy (non-hydrogen) atoms. The molecule has 2 heterocycles. The first-order chi connectivity index (χ1) is 12.2. The number of pyridine rings is 1. The van der Waals surface area contributed by atoms with Gasteiger partial charge in [0, 0.05) is 41.3 Å². The van der Waals surface area contributed by atoms with E-state index in [1.54, 1.807) is 12.3 Å². The lowest BCUT2D eigenvalue weighted by Crippen LogP contribution is -2.27. The summed E-state index contributed by atoms with van der Waals surface area (Å²) >= 11 is 0. The van der Waals surface area contributed by atoms with Crippen LogP contribution in [0.2, 0.25) is 0 Å². The number of anilines is 1. The molecule has 0 spiro atoms. The minimum Gasteiger partial charge on any atom is -0.398 e. The Morgan fingerprint density at radius 3 is 2.80 bits per heavy atom. The van der Waals surface area contributed by atoms with Gasteiger partial charge in [0.05, 0.1) is 17.4 Å². The van der Waals surface area contributed by atoms with E-state index >= 15 is 0 Å². The molecular weight excluding hydrogens is 312 g/mol. The second-order valence-electron chi connectivity index (χ2n) is 7.41. The predicted molar refractivity (Wildman–Crippen MR) is 99.8 cm³/mol. The summed E-state index contributed by atoms with van der Waals surface area (Å²) in [6.07, 6.45) is 12.3. The fourth-order valence-corrected chi connectivity index (χ4v) is 3.85. The lowest BCUT2D eigenvalue weighted by molar-refractivity contribution is 0.171. The van der Waals surface area contributed by atoms with E-state index in [1.165, 1.54) is 38.3 Å². The van der Waals surface area contributed by atoms with E-state index in [2.05, 4.69) is 15.9 Å². The molecule has 0 aliphatic heterocycles. The number of nitrogen functional groups attached to an aromatic ring is 1. The maximum absolute atomic E-state index is 7.72. The first-order valence-corrected chi connectivity index (χ1v) is 9.25. The van der Waals surface area contributed by atoms with Gasteiger partial charge in [-0.05, 0) is 57.1 Å². The zero-order chi connectivity index (χ0) is 17.4. The van der Waals surface area contributed by atoms with Gasteiger partial charge in [0.15, 0.2) is 0 Å². The van der Waals surface area contributed by atoms with E-state index in [0.29, 0.717) is 23.2 Å². The molecule has 0 atom stereocenters. The van der Waals surface area contributed by atoms with Crippen molar-refractivity contribution in [3.63, 3.8) is 0 Å². The molecule has 132 valence electrons. The molecule has 2 fully saturated rings. The molecule has 0 bridgehead atoms. The average Bonchev–Trinajstić information content (AvgIpc) is 3.33. The van der Waals surface area contributed by atoms with Crippen molar-refractivity contribution in [1.82, 2.24) is 14.8 Å². The third-order valence-corrected chi connectivity index (χ3v) is 5.55. The number of hydrogen-bond acceptors (Lipinski definition) is 5. The van der Waals surface area contributed by atoms with Crippen LogP contribution in [0.15, 0.2) is 18.5 Å². The molecule has 5 N–H and O–H groups in total. The smallest absolute Gasteiger partial charge is 0.0844 e. The Morgan fingerprint density at radius 1 is 1.32 bits per heavy atom. The Labute approximate surface area is 148 Å². The zero-order valence-corrected chi connectivity index (χ0v) is 14.5. The van der Waals surface area contributed by atoms with Gasteiger partial charge < -0.3 is 16.9 Å². The summed E-state index contributed by atoms with van der Waals surface area (Å²) in [6.45, 7) is 0.784. The van der Waals surface area contributed by atoms with Crippen molar-refractivity contribution in [2.45, 2.75) is 50.5 Å². The molecule has 0 aromatic carbocycles. The lowest BCUT2D eigenvalue weighted by Gasteiger charge is -2.35. The summed E-state index contributed by atoms with van der Waals surface area (Å²) in [4.78, 5) is 4.52. The highest BCUT2D eigenvalue weighted by molar-refractivity contribution is 5.93. The molecule has 0 radical (unpaired) electrons. The Bertz CT molecular complexity index is 770. The largest absolute Gasteiger partial charge is 0.398 e. The minimum absolute atomic E-state index is 0.485. The number of nitrogens with two attached hydrogens (primary N) is 2. The molecule has 0 unspecified atom stereocenters. The quantitative estimate of drug-likeness (QED) is 0.674. The Morgan fingerprint density at radius 2 is 2.12 bits per heavy atom.